The third kappa shape index (κ3) is 12.8. The summed E-state index contributed by atoms with van der Waals surface area (Å²) in [6.07, 6.45) is 13.7. The number of carbonyl (C=O) groups is 2. The molecule has 3 fully saturated rings. The molecule has 3 aliphatic rings. The Hall–Kier alpha value is -5.68. The second-order valence-electron chi connectivity index (χ2n) is 18.0. The van der Waals surface area contributed by atoms with E-state index in [4.69, 9.17) is 4.98 Å². The Bertz CT molecular complexity index is 2320. The number of rotatable bonds is 13. The molecule has 4 aromatic carbocycles. The van der Waals surface area contributed by atoms with Crippen LogP contribution in [0.3, 0.4) is 0 Å². The number of aryl methyl sites for hydroxylation is 1. The van der Waals surface area contributed by atoms with Crippen molar-refractivity contribution < 1.29 is 9.59 Å². The lowest BCUT2D eigenvalue weighted by Gasteiger charge is -2.37. The molecule has 3 N–H and O–H groups in total. The van der Waals surface area contributed by atoms with E-state index in [2.05, 4.69) is 117 Å². The summed E-state index contributed by atoms with van der Waals surface area (Å²) in [5.74, 6) is 2.11. The van der Waals surface area contributed by atoms with Crippen LogP contribution in [0.2, 0.25) is 0 Å². The van der Waals surface area contributed by atoms with Gasteiger partial charge in [0.1, 0.15) is 24.0 Å². The second kappa shape index (κ2) is 24.0. The maximum atomic E-state index is 14.4. The van der Waals surface area contributed by atoms with Crippen LogP contribution in [0, 0.1) is 6.92 Å². The van der Waals surface area contributed by atoms with Crippen molar-refractivity contribution in [2.75, 3.05) is 46.3 Å². The molecule has 0 bridgehead atoms. The molecule has 0 aliphatic carbocycles. The average Bonchev–Trinajstić information content (AvgIpc) is 4.14. The lowest BCUT2D eigenvalue weighted by atomic mass is 10.00. The summed E-state index contributed by atoms with van der Waals surface area (Å²) >= 11 is 0. The van der Waals surface area contributed by atoms with Crippen molar-refractivity contribution in [2.45, 2.75) is 103 Å². The summed E-state index contributed by atoms with van der Waals surface area (Å²) in [7, 11) is 2.13. The number of nitrogens with one attached hydrogen (secondary N) is 3. The van der Waals surface area contributed by atoms with E-state index in [-0.39, 0.29) is 23.9 Å². The molecule has 0 saturated carbocycles. The Morgan fingerprint density at radius 2 is 1.35 bits per heavy atom. The number of aromatic nitrogens is 4. The van der Waals surface area contributed by atoms with Crippen LogP contribution in [0.4, 0.5) is 0 Å². The number of piperidine rings is 2. The highest BCUT2D eigenvalue weighted by Gasteiger charge is 2.39. The van der Waals surface area contributed by atoms with Crippen molar-refractivity contribution >= 4 is 12.2 Å². The van der Waals surface area contributed by atoms with Crippen molar-refractivity contribution in [3.63, 3.8) is 0 Å². The average molecular weight is 875 g/mol. The van der Waals surface area contributed by atoms with E-state index in [1.807, 2.05) is 61.7 Å². The van der Waals surface area contributed by atoms with Crippen LogP contribution in [-0.2, 0) is 16.1 Å². The van der Waals surface area contributed by atoms with E-state index < -0.39 is 0 Å². The topological polar surface area (TPSA) is 113 Å². The summed E-state index contributed by atoms with van der Waals surface area (Å²) in [4.78, 5) is 48.2. The van der Waals surface area contributed by atoms with E-state index in [1.165, 1.54) is 44.3 Å². The molecule has 0 unspecified atom stereocenters. The number of aromatic amines is 2. The highest BCUT2D eigenvalue weighted by molar-refractivity contribution is 5.84. The van der Waals surface area contributed by atoms with Gasteiger partial charge in [0.05, 0.1) is 30.2 Å². The number of amides is 1. The fourth-order valence-corrected chi connectivity index (χ4v) is 9.32. The van der Waals surface area contributed by atoms with Crippen LogP contribution in [0.25, 0.3) is 33.6 Å². The molecule has 342 valence electrons. The van der Waals surface area contributed by atoms with Crippen molar-refractivity contribution in [1.82, 2.24) is 40.0 Å². The quantitative estimate of drug-likeness (QED) is 0.0991. The van der Waals surface area contributed by atoms with Crippen LogP contribution < -0.4 is 5.32 Å². The number of aldehydes is 1. The molecule has 3 aliphatic heterocycles. The Balaban J connectivity index is 0.000000330. The Morgan fingerprint density at radius 3 is 1.94 bits per heavy atom. The zero-order valence-electron chi connectivity index (χ0n) is 39.1. The summed E-state index contributed by atoms with van der Waals surface area (Å²) in [6.45, 7) is 13.2. The standard InChI is InChI=1S/C41H49N7O.C9H10O.C5H11N/c1-4-23-46(3)28-37-42-27-35(44-37)32-19-15-30(16-20-32)31-17-21-33(22-18-31)38-29(2)43-40(45-38)36-14-11-26-48(36)41(49)39(34-12-7-5-8-13-34)47-24-9-6-10-25-47;1-8(7-10)9-5-3-2-4-6-9;1-2-4-6-5-3-1/h5,7-8,12-13,15-22,27,36,39H,4,6,9-11,14,23-26,28H2,1-3H3,(H,42,44)(H,43,45);2-8H,1H3;6H,1-5H2/t36-,39+;8-;/m00./s1. The van der Waals surface area contributed by atoms with Gasteiger partial charge in [-0.15, -0.1) is 0 Å². The number of H-pyrrole nitrogens is 2. The highest BCUT2D eigenvalue weighted by Crippen LogP contribution is 2.37. The van der Waals surface area contributed by atoms with Crippen molar-refractivity contribution in [2.24, 2.45) is 0 Å². The van der Waals surface area contributed by atoms with E-state index in [9.17, 15) is 9.59 Å². The number of hydrogen-bond acceptors (Lipinski definition) is 7. The molecule has 1 amide bonds. The molecule has 3 atom stereocenters. The number of likely N-dealkylation sites (tertiary alicyclic amines) is 2. The maximum absolute atomic E-state index is 14.4. The predicted octanol–water partition coefficient (Wildman–Crippen LogP) is 10.9. The largest absolute Gasteiger partial charge is 0.344 e. The number of carbonyl (C=O) groups excluding carboxylic acids is 2. The first kappa shape index (κ1) is 47.3. The fraction of sp³-hybridized carbons (Fsp3) is 0.418. The molecular weight excluding hydrogens is 805 g/mol. The molecule has 10 nitrogen and oxygen atoms in total. The first-order chi connectivity index (χ1) is 31.8. The molecule has 9 rings (SSSR count). The van der Waals surface area contributed by atoms with Gasteiger partial charge < -0.3 is 25.0 Å². The van der Waals surface area contributed by atoms with Gasteiger partial charge in [0, 0.05) is 23.7 Å². The normalized spacial score (nSPS) is 17.4. The van der Waals surface area contributed by atoms with E-state index in [0.717, 1.165) is 128 Å². The number of imidazole rings is 2. The number of hydrogen-bond donors (Lipinski definition) is 3. The molecular formula is C55H70N8O2. The first-order valence-electron chi connectivity index (χ1n) is 24.1. The second-order valence-corrected chi connectivity index (χ2v) is 18.0. The Labute approximate surface area is 387 Å². The van der Waals surface area contributed by atoms with Gasteiger partial charge >= 0.3 is 0 Å². The van der Waals surface area contributed by atoms with Gasteiger partial charge in [-0.3, -0.25) is 14.6 Å². The van der Waals surface area contributed by atoms with Crippen LogP contribution in [0.15, 0.2) is 115 Å². The first-order valence-corrected chi connectivity index (χ1v) is 24.1. The van der Waals surface area contributed by atoms with Gasteiger partial charge in [-0.05, 0) is 119 Å². The minimum Gasteiger partial charge on any atom is -0.344 e. The van der Waals surface area contributed by atoms with Crippen molar-refractivity contribution in [3.8, 4) is 33.6 Å². The Morgan fingerprint density at radius 1 is 0.754 bits per heavy atom. The molecule has 3 saturated heterocycles. The maximum Gasteiger partial charge on any atom is 0.245 e. The molecule has 0 spiro atoms. The van der Waals surface area contributed by atoms with Crippen LogP contribution in [0.1, 0.15) is 118 Å². The van der Waals surface area contributed by atoms with Gasteiger partial charge in [0.25, 0.3) is 0 Å². The zero-order valence-corrected chi connectivity index (χ0v) is 39.1. The fourth-order valence-electron chi connectivity index (χ4n) is 9.32. The van der Waals surface area contributed by atoms with Crippen molar-refractivity contribution in [1.29, 1.82) is 0 Å². The van der Waals surface area contributed by atoms with Crippen LogP contribution >= 0.6 is 0 Å². The van der Waals surface area contributed by atoms with Gasteiger partial charge in [-0.25, -0.2) is 9.97 Å². The van der Waals surface area contributed by atoms with Gasteiger partial charge in [0.2, 0.25) is 5.91 Å². The van der Waals surface area contributed by atoms with E-state index in [0.29, 0.717) is 0 Å². The van der Waals surface area contributed by atoms with Gasteiger partial charge in [-0.1, -0.05) is 136 Å². The lowest BCUT2D eigenvalue weighted by Crippen LogP contribution is -2.44. The minimum atomic E-state index is -0.242. The van der Waals surface area contributed by atoms with Gasteiger partial charge in [-0.2, -0.15) is 0 Å². The summed E-state index contributed by atoms with van der Waals surface area (Å²) < 4.78 is 0. The molecule has 10 heteroatoms. The minimum absolute atomic E-state index is 0.0289. The molecule has 65 heavy (non-hydrogen) atoms. The van der Waals surface area contributed by atoms with Crippen molar-refractivity contribution in [3.05, 3.63) is 144 Å². The number of benzene rings is 4. The lowest BCUT2D eigenvalue weighted by molar-refractivity contribution is -0.139. The summed E-state index contributed by atoms with van der Waals surface area (Å²) in [6, 6.07) is 37.1. The summed E-state index contributed by atoms with van der Waals surface area (Å²) in [5.41, 5.74) is 9.72. The third-order valence-corrected chi connectivity index (χ3v) is 12.9. The van der Waals surface area contributed by atoms with Crippen LogP contribution in [-0.4, -0.2) is 93.1 Å². The Kier molecular flexibility index (Phi) is 17.5. The molecule has 5 heterocycles. The molecule has 0 radical (unpaired) electrons. The molecule has 2 aromatic heterocycles. The zero-order chi connectivity index (χ0) is 45.4. The number of nitrogens with zero attached hydrogens (tertiary/aromatic N) is 5. The molecule has 6 aromatic rings. The van der Waals surface area contributed by atoms with E-state index >= 15 is 0 Å². The van der Waals surface area contributed by atoms with Crippen LogP contribution in [0.5, 0.6) is 0 Å². The SMILES string of the molecule is C1CCNCC1.CCCN(C)Cc1ncc(-c2ccc(-c3ccc(-c4nc([C@@H]5CCCN5C(=O)[C@@H](c5ccccc5)N5CCCCC5)[nH]c4C)cc3)cc2)[nH]1.C[C@@H](C=O)c1ccccc1. The monoisotopic (exact) mass is 875 g/mol. The van der Waals surface area contributed by atoms with E-state index in [1.54, 1.807) is 0 Å². The van der Waals surface area contributed by atoms with Gasteiger partial charge in [0.15, 0.2) is 0 Å². The summed E-state index contributed by atoms with van der Waals surface area (Å²) in [5, 5.41) is 3.28. The highest BCUT2D eigenvalue weighted by atomic mass is 16.2. The third-order valence-electron chi connectivity index (χ3n) is 12.9. The predicted molar refractivity (Wildman–Crippen MR) is 264 cm³/mol. The smallest absolute Gasteiger partial charge is 0.245 e.